The summed E-state index contributed by atoms with van der Waals surface area (Å²) in [6.45, 7) is 3.55. The van der Waals surface area contributed by atoms with Gasteiger partial charge in [0.05, 0.1) is 13.2 Å². The highest BCUT2D eigenvalue weighted by molar-refractivity contribution is 7.82. The number of hydrogen-bond donors (Lipinski definition) is 2. The van der Waals surface area contributed by atoms with Gasteiger partial charge in [0, 0.05) is 25.4 Å². The number of unbranched alkanes of at least 4 members (excludes halogenated alkanes) is 1. The van der Waals surface area contributed by atoms with E-state index in [-0.39, 0.29) is 25.6 Å². The van der Waals surface area contributed by atoms with Crippen LogP contribution >= 0.6 is 0 Å². The predicted octanol–water partition coefficient (Wildman–Crippen LogP) is 3.09. The van der Waals surface area contributed by atoms with E-state index >= 15 is 0 Å². The first-order valence-electron chi connectivity index (χ1n) is 9.91. The van der Waals surface area contributed by atoms with E-state index in [1.807, 2.05) is 43.3 Å². The van der Waals surface area contributed by atoms with Crippen LogP contribution in [0.2, 0.25) is 0 Å². The van der Waals surface area contributed by atoms with E-state index in [1.165, 1.54) is 0 Å². The van der Waals surface area contributed by atoms with E-state index in [0.717, 1.165) is 23.4 Å². The number of anilines is 1. The molecule has 0 aliphatic heterocycles. The van der Waals surface area contributed by atoms with Crippen LogP contribution in [0.3, 0.4) is 0 Å². The molecular weight excluding hydrogens is 406 g/mol. The first-order valence-corrected chi connectivity index (χ1v) is 11.2. The smallest absolute Gasteiger partial charge is 0.396 e. The van der Waals surface area contributed by atoms with Crippen molar-refractivity contribution in [3.8, 4) is 5.75 Å². The molecule has 0 saturated carbocycles. The summed E-state index contributed by atoms with van der Waals surface area (Å²) >= 11 is 0. The Bertz CT molecular complexity index is 879. The normalized spacial score (nSPS) is 11.7. The number of rotatable bonds is 13. The fraction of sp³-hybridized carbons (Fsp3) is 0.364. The molecule has 0 aromatic heterocycles. The number of nitrogens with zero attached hydrogens (tertiary/aromatic N) is 1. The third kappa shape index (κ3) is 8.16. The second kappa shape index (κ2) is 12.3. The lowest BCUT2D eigenvalue weighted by Crippen LogP contribution is -2.25. The highest BCUT2D eigenvalue weighted by atomic mass is 32.3. The van der Waals surface area contributed by atoms with Gasteiger partial charge in [-0.05, 0) is 55.2 Å². The van der Waals surface area contributed by atoms with Crippen molar-refractivity contribution in [2.45, 2.75) is 19.8 Å². The second-order valence-electron chi connectivity index (χ2n) is 6.54. The lowest BCUT2D eigenvalue weighted by molar-refractivity contribution is 0.239. The summed E-state index contributed by atoms with van der Waals surface area (Å²) in [5, 5.41) is 17.8. The van der Waals surface area contributed by atoms with Crippen LogP contribution in [0.15, 0.2) is 48.5 Å². The van der Waals surface area contributed by atoms with Gasteiger partial charge in [-0.1, -0.05) is 36.4 Å². The van der Waals surface area contributed by atoms with Crippen LogP contribution in [0.5, 0.6) is 5.75 Å². The average molecular weight is 436 g/mol. The van der Waals surface area contributed by atoms with Crippen molar-refractivity contribution in [2.24, 2.45) is 0 Å². The number of aliphatic hydroxyl groups excluding tert-OH is 2. The van der Waals surface area contributed by atoms with Crippen molar-refractivity contribution in [3.63, 3.8) is 0 Å². The lowest BCUT2D eigenvalue weighted by atomic mass is 10.1. The van der Waals surface area contributed by atoms with Gasteiger partial charge >= 0.3 is 10.4 Å². The van der Waals surface area contributed by atoms with Gasteiger partial charge in [0.2, 0.25) is 0 Å². The summed E-state index contributed by atoms with van der Waals surface area (Å²) in [5.74, 6) is 0.169. The van der Waals surface area contributed by atoms with Gasteiger partial charge in [-0.25, -0.2) is 4.18 Å². The van der Waals surface area contributed by atoms with Crippen LogP contribution in [-0.4, -0.2) is 51.5 Å². The molecule has 164 valence electrons. The van der Waals surface area contributed by atoms with Gasteiger partial charge in [-0.3, -0.25) is 0 Å². The molecular formula is C22H29NO6S. The maximum atomic E-state index is 11.8. The van der Waals surface area contributed by atoms with Gasteiger partial charge in [0.15, 0.2) is 0 Å². The summed E-state index contributed by atoms with van der Waals surface area (Å²) in [5.41, 5.74) is 2.98. The van der Waals surface area contributed by atoms with Crippen LogP contribution in [-0.2, 0) is 14.6 Å². The standard InChI is InChI=1S/C22H29NO6S/c1-2-23(15-17-25)21-11-7-19(8-12-21)5-6-20-9-13-22(14-10-20)29-30(26,27)28-18-4-3-16-24/h5-14,24-25H,2-4,15-18H2,1H3/b6-5+. The molecule has 0 aliphatic rings. The third-order valence-electron chi connectivity index (χ3n) is 4.34. The molecule has 0 unspecified atom stereocenters. The van der Waals surface area contributed by atoms with Gasteiger partial charge in [-0.2, -0.15) is 8.42 Å². The van der Waals surface area contributed by atoms with Crippen LogP contribution in [0, 0.1) is 0 Å². The Kier molecular flexibility index (Phi) is 9.82. The molecule has 0 bridgehead atoms. The molecule has 2 aromatic carbocycles. The summed E-state index contributed by atoms with van der Waals surface area (Å²) in [6.07, 6.45) is 4.79. The zero-order valence-electron chi connectivity index (χ0n) is 17.1. The van der Waals surface area contributed by atoms with Crippen LogP contribution in [0.25, 0.3) is 12.2 Å². The fourth-order valence-electron chi connectivity index (χ4n) is 2.73. The molecule has 2 aromatic rings. The van der Waals surface area contributed by atoms with Gasteiger partial charge in [-0.15, -0.1) is 0 Å². The van der Waals surface area contributed by atoms with E-state index in [9.17, 15) is 8.42 Å². The molecule has 0 fully saturated rings. The van der Waals surface area contributed by atoms with Crippen molar-refractivity contribution in [3.05, 3.63) is 59.7 Å². The lowest BCUT2D eigenvalue weighted by Gasteiger charge is -2.21. The van der Waals surface area contributed by atoms with Crippen LogP contribution in [0.4, 0.5) is 5.69 Å². The van der Waals surface area contributed by atoms with E-state index < -0.39 is 10.4 Å². The number of likely N-dealkylation sites (N-methyl/N-ethyl adjacent to an activating group) is 1. The Morgan fingerprint density at radius 1 is 0.900 bits per heavy atom. The van der Waals surface area contributed by atoms with E-state index in [4.69, 9.17) is 18.6 Å². The van der Waals surface area contributed by atoms with Crippen molar-refractivity contribution >= 4 is 28.2 Å². The summed E-state index contributed by atoms with van der Waals surface area (Å²) in [7, 11) is -4.12. The van der Waals surface area contributed by atoms with E-state index in [2.05, 4.69) is 4.90 Å². The van der Waals surface area contributed by atoms with Crippen molar-refractivity contribution in [1.82, 2.24) is 0 Å². The SMILES string of the molecule is CCN(CCO)c1ccc(/C=C/c2ccc(OS(=O)(=O)OCCCCO)cc2)cc1. The molecule has 0 spiro atoms. The number of benzene rings is 2. The maximum Gasteiger partial charge on any atom is 0.449 e. The Balaban J connectivity index is 1.93. The number of aliphatic hydroxyl groups is 2. The molecule has 7 nitrogen and oxygen atoms in total. The zero-order valence-corrected chi connectivity index (χ0v) is 17.9. The molecule has 0 heterocycles. The van der Waals surface area contributed by atoms with Gasteiger partial charge in [0.25, 0.3) is 0 Å². The molecule has 8 heteroatoms. The minimum atomic E-state index is -4.12. The molecule has 2 rings (SSSR count). The minimum absolute atomic E-state index is 0.00964. The highest BCUT2D eigenvalue weighted by Gasteiger charge is 2.13. The summed E-state index contributed by atoms with van der Waals surface area (Å²) in [6, 6.07) is 14.7. The predicted molar refractivity (Wildman–Crippen MR) is 119 cm³/mol. The average Bonchev–Trinajstić information content (AvgIpc) is 2.75. The molecule has 0 radical (unpaired) electrons. The van der Waals surface area contributed by atoms with Crippen molar-refractivity contribution < 1.29 is 27.0 Å². The second-order valence-corrected chi connectivity index (χ2v) is 7.76. The number of hydrogen-bond acceptors (Lipinski definition) is 7. The first kappa shape index (κ1) is 23.9. The largest absolute Gasteiger partial charge is 0.449 e. The Morgan fingerprint density at radius 2 is 1.50 bits per heavy atom. The Morgan fingerprint density at radius 3 is 2.03 bits per heavy atom. The third-order valence-corrected chi connectivity index (χ3v) is 5.19. The molecule has 2 N–H and O–H groups in total. The topological polar surface area (TPSA) is 96.3 Å². The molecule has 0 aliphatic carbocycles. The summed E-state index contributed by atoms with van der Waals surface area (Å²) < 4.78 is 33.2. The molecule has 30 heavy (non-hydrogen) atoms. The first-order chi connectivity index (χ1) is 14.5. The Hall–Kier alpha value is -2.39. The van der Waals surface area contributed by atoms with Crippen LogP contribution < -0.4 is 9.08 Å². The molecule has 0 saturated heterocycles. The van der Waals surface area contributed by atoms with Crippen molar-refractivity contribution in [2.75, 3.05) is 37.8 Å². The monoisotopic (exact) mass is 435 g/mol. The fourth-order valence-corrected chi connectivity index (χ4v) is 3.45. The maximum absolute atomic E-state index is 11.8. The molecule has 0 amide bonds. The highest BCUT2D eigenvalue weighted by Crippen LogP contribution is 2.19. The Labute approximate surface area is 178 Å². The summed E-state index contributed by atoms with van der Waals surface area (Å²) in [4.78, 5) is 2.09. The van der Waals surface area contributed by atoms with Gasteiger partial charge < -0.3 is 19.3 Å². The quantitative estimate of drug-likeness (QED) is 0.369. The van der Waals surface area contributed by atoms with Crippen molar-refractivity contribution in [1.29, 1.82) is 0 Å². The van der Waals surface area contributed by atoms with E-state index in [0.29, 0.717) is 19.4 Å². The van der Waals surface area contributed by atoms with Gasteiger partial charge in [0.1, 0.15) is 5.75 Å². The molecule has 0 atom stereocenters. The minimum Gasteiger partial charge on any atom is -0.396 e. The zero-order chi connectivity index (χ0) is 21.8. The van der Waals surface area contributed by atoms with Crippen LogP contribution in [0.1, 0.15) is 30.9 Å². The van der Waals surface area contributed by atoms with E-state index in [1.54, 1.807) is 24.3 Å².